The molecule has 2 aromatic rings. The van der Waals surface area contributed by atoms with Gasteiger partial charge < -0.3 is 4.90 Å². The number of benzene rings is 2. The second-order valence-corrected chi connectivity index (χ2v) is 9.29. The van der Waals surface area contributed by atoms with E-state index in [1.807, 2.05) is 0 Å². The molecule has 8 heteroatoms. The molecule has 154 valence electrons. The van der Waals surface area contributed by atoms with Crippen LogP contribution in [0.2, 0.25) is 0 Å². The molecule has 0 spiro atoms. The van der Waals surface area contributed by atoms with Crippen molar-refractivity contribution in [3.63, 3.8) is 0 Å². The van der Waals surface area contributed by atoms with Crippen LogP contribution in [0.4, 0.5) is 4.39 Å². The third-order valence-electron chi connectivity index (χ3n) is 5.54. The van der Waals surface area contributed by atoms with Gasteiger partial charge >= 0.3 is 0 Å². The van der Waals surface area contributed by atoms with E-state index in [4.69, 9.17) is 0 Å². The lowest BCUT2D eigenvalue weighted by Crippen LogP contribution is -2.53. The summed E-state index contributed by atoms with van der Waals surface area (Å²) in [5, 5.41) is 0. The SMILES string of the molecule is O=C(c1cccc(-c2ccccc2F)c1)N1CCN(S(=O)(=O)N2CCCC2)CC1. The number of amides is 1. The van der Waals surface area contributed by atoms with E-state index >= 15 is 0 Å². The normalized spacial score (nSPS) is 18.9. The van der Waals surface area contributed by atoms with Gasteiger partial charge in [0, 0.05) is 50.4 Å². The Morgan fingerprint density at radius 3 is 2.17 bits per heavy atom. The fraction of sp³-hybridized carbons (Fsp3) is 0.381. The number of hydrogen-bond acceptors (Lipinski definition) is 3. The van der Waals surface area contributed by atoms with Crippen LogP contribution in [0.1, 0.15) is 23.2 Å². The van der Waals surface area contributed by atoms with Crippen LogP contribution in [-0.2, 0) is 10.2 Å². The molecular weight excluding hydrogens is 393 g/mol. The molecule has 6 nitrogen and oxygen atoms in total. The largest absolute Gasteiger partial charge is 0.336 e. The van der Waals surface area contributed by atoms with E-state index in [1.54, 1.807) is 47.4 Å². The summed E-state index contributed by atoms with van der Waals surface area (Å²) < 4.78 is 42.4. The highest BCUT2D eigenvalue weighted by molar-refractivity contribution is 7.86. The first-order valence-corrected chi connectivity index (χ1v) is 11.3. The van der Waals surface area contributed by atoms with Crippen molar-refractivity contribution in [2.45, 2.75) is 12.8 Å². The van der Waals surface area contributed by atoms with Crippen molar-refractivity contribution < 1.29 is 17.6 Å². The molecule has 29 heavy (non-hydrogen) atoms. The lowest BCUT2D eigenvalue weighted by Gasteiger charge is -2.35. The van der Waals surface area contributed by atoms with Gasteiger partial charge in [-0.25, -0.2) is 4.39 Å². The Labute approximate surface area is 170 Å². The van der Waals surface area contributed by atoms with Crippen molar-refractivity contribution in [1.29, 1.82) is 0 Å². The molecule has 2 aliphatic rings. The van der Waals surface area contributed by atoms with E-state index in [2.05, 4.69) is 0 Å². The van der Waals surface area contributed by atoms with Crippen molar-refractivity contribution in [3.8, 4) is 11.1 Å². The molecule has 0 aliphatic carbocycles. The van der Waals surface area contributed by atoms with Crippen molar-refractivity contribution >= 4 is 16.1 Å². The first kappa shape index (κ1) is 20.0. The number of halogens is 1. The molecule has 1 amide bonds. The molecule has 0 radical (unpaired) electrons. The average molecular weight is 418 g/mol. The zero-order chi connectivity index (χ0) is 20.4. The quantitative estimate of drug-likeness (QED) is 0.768. The zero-order valence-corrected chi connectivity index (χ0v) is 16.9. The third kappa shape index (κ3) is 4.05. The minimum absolute atomic E-state index is 0.165. The number of carbonyl (C=O) groups excluding carboxylic acids is 1. The molecule has 0 atom stereocenters. The van der Waals surface area contributed by atoms with Gasteiger partial charge in [-0.05, 0) is 36.6 Å². The minimum atomic E-state index is -3.44. The van der Waals surface area contributed by atoms with Gasteiger partial charge in [0.15, 0.2) is 0 Å². The Balaban J connectivity index is 1.45. The number of piperazine rings is 1. The van der Waals surface area contributed by atoms with Gasteiger partial charge in [0.25, 0.3) is 16.1 Å². The molecule has 2 aromatic carbocycles. The van der Waals surface area contributed by atoms with Crippen LogP contribution in [0.3, 0.4) is 0 Å². The standard InChI is InChI=1S/C21H24FN3O3S/c22-20-9-2-1-8-19(20)17-6-5-7-18(16-17)21(26)23-12-14-25(15-13-23)29(27,28)24-10-3-4-11-24/h1-2,5-9,16H,3-4,10-15H2. The Morgan fingerprint density at radius 1 is 0.828 bits per heavy atom. The van der Waals surface area contributed by atoms with Crippen molar-refractivity contribution in [3.05, 3.63) is 59.9 Å². The fourth-order valence-electron chi connectivity index (χ4n) is 3.90. The van der Waals surface area contributed by atoms with Gasteiger partial charge in [-0.2, -0.15) is 17.0 Å². The maximum Gasteiger partial charge on any atom is 0.282 e. The summed E-state index contributed by atoms with van der Waals surface area (Å²) in [4.78, 5) is 14.6. The Hall–Kier alpha value is -2.29. The monoisotopic (exact) mass is 417 g/mol. The molecule has 2 aliphatic heterocycles. The summed E-state index contributed by atoms with van der Waals surface area (Å²) >= 11 is 0. The van der Waals surface area contributed by atoms with E-state index in [0.717, 1.165) is 12.8 Å². The van der Waals surface area contributed by atoms with Crippen molar-refractivity contribution in [2.24, 2.45) is 0 Å². The maximum atomic E-state index is 14.1. The van der Waals surface area contributed by atoms with Crippen molar-refractivity contribution in [1.82, 2.24) is 13.5 Å². The molecule has 0 bridgehead atoms. The fourth-order valence-corrected chi connectivity index (χ4v) is 5.57. The van der Waals surface area contributed by atoms with Crippen LogP contribution in [-0.4, -0.2) is 67.1 Å². The smallest absolute Gasteiger partial charge is 0.282 e. The highest BCUT2D eigenvalue weighted by Gasteiger charge is 2.34. The maximum absolute atomic E-state index is 14.1. The van der Waals surface area contributed by atoms with E-state index in [1.165, 1.54) is 14.7 Å². The number of rotatable bonds is 4. The van der Waals surface area contributed by atoms with Crippen LogP contribution in [0, 0.1) is 5.82 Å². The van der Waals surface area contributed by atoms with Gasteiger partial charge in [-0.15, -0.1) is 0 Å². The molecule has 0 saturated carbocycles. The second-order valence-electron chi connectivity index (χ2n) is 7.37. The molecule has 0 aromatic heterocycles. The number of hydrogen-bond donors (Lipinski definition) is 0. The molecular formula is C21H24FN3O3S. The van der Waals surface area contributed by atoms with Crippen LogP contribution >= 0.6 is 0 Å². The topological polar surface area (TPSA) is 60.9 Å². The second kappa shape index (κ2) is 8.22. The molecule has 2 heterocycles. The summed E-state index contributed by atoms with van der Waals surface area (Å²) in [5.74, 6) is -0.501. The highest BCUT2D eigenvalue weighted by Crippen LogP contribution is 2.24. The van der Waals surface area contributed by atoms with Gasteiger partial charge in [0.2, 0.25) is 0 Å². The zero-order valence-electron chi connectivity index (χ0n) is 16.1. The van der Waals surface area contributed by atoms with E-state index in [9.17, 15) is 17.6 Å². The van der Waals surface area contributed by atoms with Gasteiger partial charge in [-0.3, -0.25) is 4.79 Å². The van der Waals surface area contributed by atoms with Gasteiger partial charge in [0.1, 0.15) is 5.82 Å². The van der Waals surface area contributed by atoms with Crippen LogP contribution in [0.15, 0.2) is 48.5 Å². The predicted octanol–water partition coefficient (Wildman–Crippen LogP) is 2.59. The average Bonchev–Trinajstić information content (AvgIpc) is 3.30. The highest BCUT2D eigenvalue weighted by atomic mass is 32.2. The van der Waals surface area contributed by atoms with Gasteiger partial charge in [0.05, 0.1) is 0 Å². The lowest BCUT2D eigenvalue weighted by atomic mass is 10.0. The first-order valence-electron chi connectivity index (χ1n) is 9.86. The molecule has 2 saturated heterocycles. The molecule has 0 unspecified atom stereocenters. The molecule has 4 rings (SSSR count). The summed E-state index contributed by atoms with van der Waals surface area (Å²) in [6.07, 6.45) is 1.80. The molecule has 2 fully saturated rings. The third-order valence-corrected chi connectivity index (χ3v) is 7.57. The van der Waals surface area contributed by atoms with Crippen molar-refractivity contribution in [2.75, 3.05) is 39.3 Å². The van der Waals surface area contributed by atoms with E-state index < -0.39 is 10.2 Å². The van der Waals surface area contributed by atoms with Crippen LogP contribution < -0.4 is 0 Å². The Kier molecular flexibility index (Phi) is 5.67. The number of carbonyl (C=O) groups is 1. The lowest BCUT2D eigenvalue weighted by molar-refractivity contribution is 0.0694. The molecule has 0 N–H and O–H groups in total. The Bertz CT molecular complexity index is 998. The summed E-state index contributed by atoms with van der Waals surface area (Å²) in [5.41, 5.74) is 1.56. The first-order chi connectivity index (χ1) is 14.0. The summed E-state index contributed by atoms with van der Waals surface area (Å²) in [6.45, 7) is 2.41. The Morgan fingerprint density at radius 2 is 1.48 bits per heavy atom. The van der Waals surface area contributed by atoms with Gasteiger partial charge in [-0.1, -0.05) is 30.3 Å². The summed E-state index contributed by atoms with van der Waals surface area (Å²) in [7, 11) is -3.44. The summed E-state index contributed by atoms with van der Waals surface area (Å²) in [6, 6.07) is 13.4. The predicted molar refractivity (Wildman–Crippen MR) is 109 cm³/mol. The van der Waals surface area contributed by atoms with Crippen LogP contribution in [0.5, 0.6) is 0 Å². The minimum Gasteiger partial charge on any atom is -0.336 e. The van der Waals surface area contributed by atoms with Crippen LogP contribution in [0.25, 0.3) is 11.1 Å². The van der Waals surface area contributed by atoms with E-state index in [-0.39, 0.29) is 24.8 Å². The number of nitrogens with zero attached hydrogens (tertiary/aromatic N) is 3. The van der Waals surface area contributed by atoms with E-state index in [0.29, 0.717) is 42.9 Å².